The lowest BCUT2D eigenvalue weighted by Gasteiger charge is -2.10. The van der Waals surface area contributed by atoms with Crippen molar-refractivity contribution < 1.29 is 14.3 Å². The minimum absolute atomic E-state index is 0.217. The van der Waals surface area contributed by atoms with E-state index in [2.05, 4.69) is 11.4 Å². The molecule has 4 heteroatoms. The number of amides is 1. The molecular weight excluding hydrogens is 386 g/mol. The van der Waals surface area contributed by atoms with Crippen LogP contribution in [0.5, 0.6) is 11.5 Å². The van der Waals surface area contributed by atoms with E-state index in [9.17, 15) is 4.79 Å². The number of rotatable bonds is 8. The van der Waals surface area contributed by atoms with Gasteiger partial charge in [0.2, 0.25) is 0 Å². The van der Waals surface area contributed by atoms with Gasteiger partial charge in [-0.2, -0.15) is 0 Å². The van der Waals surface area contributed by atoms with Crippen LogP contribution in [0.3, 0.4) is 0 Å². The third-order valence-corrected chi connectivity index (χ3v) is 4.62. The Morgan fingerprint density at radius 2 is 1.29 bits per heavy atom. The molecule has 31 heavy (non-hydrogen) atoms. The second-order valence-electron chi connectivity index (χ2n) is 6.96. The van der Waals surface area contributed by atoms with Gasteiger partial charge >= 0.3 is 0 Å². The lowest BCUT2D eigenvalue weighted by atomic mass is 10.2. The van der Waals surface area contributed by atoms with Crippen LogP contribution in [0, 0.1) is 6.07 Å². The molecular formula is C27H22NO3. The number of carbonyl (C=O) groups is 1. The predicted octanol–water partition coefficient (Wildman–Crippen LogP) is 5.90. The van der Waals surface area contributed by atoms with Crippen molar-refractivity contribution in [3.8, 4) is 11.5 Å². The monoisotopic (exact) mass is 408 g/mol. The highest BCUT2D eigenvalue weighted by molar-refractivity contribution is 6.04. The van der Waals surface area contributed by atoms with E-state index in [4.69, 9.17) is 9.47 Å². The maximum atomic E-state index is 12.6. The first-order chi connectivity index (χ1) is 15.3. The Kier molecular flexibility index (Phi) is 6.61. The Labute approximate surface area is 182 Å². The van der Waals surface area contributed by atoms with Crippen LogP contribution >= 0.6 is 0 Å². The first-order valence-corrected chi connectivity index (χ1v) is 10.0. The predicted molar refractivity (Wildman–Crippen MR) is 121 cm³/mol. The van der Waals surface area contributed by atoms with Crippen LogP contribution in [0.2, 0.25) is 0 Å². The van der Waals surface area contributed by atoms with Crippen molar-refractivity contribution in [2.45, 2.75) is 13.2 Å². The maximum absolute atomic E-state index is 12.6. The highest BCUT2D eigenvalue weighted by Crippen LogP contribution is 2.19. The normalized spacial score (nSPS) is 10.3. The SMILES string of the molecule is O=C(Nc1[c]c(OCc2ccccc2)ccc1)c1ccc(OCc2ccccc2)cc1. The molecule has 1 radical (unpaired) electrons. The average molecular weight is 408 g/mol. The molecule has 0 atom stereocenters. The summed E-state index contributed by atoms with van der Waals surface area (Å²) in [5.41, 5.74) is 3.25. The van der Waals surface area contributed by atoms with Gasteiger partial charge in [-0.15, -0.1) is 0 Å². The summed E-state index contributed by atoms with van der Waals surface area (Å²) in [7, 11) is 0. The smallest absolute Gasteiger partial charge is 0.255 e. The van der Waals surface area contributed by atoms with Crippen molar-refractivity contribution in [3.63, 3.8) is 0 Å². The van der Waals surface area contributed by atoms with E-state index in [1.807, 2.05) is 72.8 Å². The molecule has 1 amide bonds. The lowest BCUT2D eigenvalue weighted by molar-refractivity contribution is 0.102. The Balaban J connectivity index is 1.32. The topological polar surface area (TPSA) is 47.6 Å². The number of nitrogens with one attached hydrogen (secondary N) is 1. The molecule has 4 rings (SSSR count). The zero-order valence-electron chi connectivity index (χ0n) is 17.0. The van der Waals surface area contributed by atoms with Gasteiger partial charge in [-0.1, -0.05) is 66.7 Å². The van der Waals surface area contributed by atoms with Gasteiger partial charge in [-0.25, -0.2) is 0 Å². The molecule has 0 aromatic heterocycles. The Morgan fingerprint density at radius 3 is 1.94 bits per heavy atom. The second-order valence-corrected chi connectivity index (χ2v) is 6.96. The molecule has 0 aliphatic heterocycles. The molecule has 0 aliphatic rings. The van der Waals surface area contributed by atoms with Gasteiger partial charge in [-0.05, 0) is 47.5 Å². The highest BCUT2D eigenvalue weighted by atomic mass is 16.5. The van der Waals surface area contributed by atoms with Crippen molar-refractivity contribution >= 4 is 11.6 Å². The first-order valence-electron chi connectivity index (χ1n) is 10.0. The van der Waals surface area contributed by atoms with Crippen LogP contribution in [0.15, 0.2) is 103 Å². The number of hydrogen-bond acceptors (Lipinski definition) is 3. The van der Waals surface area contributed by atoms with E-state index in [1.54, 1.807) is 30.3 Å². The molecule has 0 saturated carbocycles. The van der Waals surface area contributed by atoms with Gasteiger partial charge in [0.1, 0.15) is 24.7 Å². The summed E-state index contributed by atoms with van der Waals surface area (Å²) in [6, 6.07) is 35.4. The minimum Gasteiger partial charge on any atom is -0.489 e. The van der Waals surface area contributed by atoms with Gasteiger partial charge in [0.05, 0.1) is 11.8 Å². The van der Waals surface area contributed by atoms with Gasteiger partial charge < -0.3 is 14.8 Å². The lowest BCUT2D eigenvalue weighted by Crippen LogP contribution is -2.12. The third kappa shape index (κ3) is 5.97. The van der Waals surface area contributed by atoms with Gasteiger partial charge in [0.25, 0.3) is 5.91 Å². The Hall–Kier alpha value is -4.05. The number of benzene rings is 4. The van der Waals surface area contributed by atoms with Crippen LogP contribution in [0.4, 0.5) is 5.69 Å². The zero-order valence-corrected chi connectivity index (χ0v) is 17.0. The van der Waals surface area contributed by atoms with Gasteiger partial charge in [-0.3, -0.25) is 4.79 Å². The number of ether oxygens (including phenoxy) is 2. The van der Waals surface area contributed by atoms with E-state index in [1.165, 1.54) is 0 Å². The molecule has 0 unspecified atom stereocenters. The Bertz CT molecular complexity index is 1110. The molecule has 0 spiro atoms. The number of anilines is 1. The fourth-order valence-electron chi connectivity index (χ4n) is 2.98. The molecule has 0 aliphatic carbocycles. The zero-order chi connectivity index (χ0) is 21.3. The number of carbonyl (C=O) groups excluding carboxylic acids is 1. The summed E-state index contributed by atoms with van der Waals surface area (Å²) in [5, 5.41) is 2.86. The summed E-state index contributed by atoms with van der Waals surface area (Å²) in [6.45, 7) is 0.927. The molecule has 0 bridgehead atoms. The summed E-state index contributed by atoms with van der Waals surface area (Å²) < 4.78 is 11.5. The van der Waals surface area contributed by atoms with Crippen molar-refractivity contribution in [2.75, 3.05) is 5.32 Å². The summed E-state index contributed by atoms with van der Waals surface area (Å²) >= 11 is 0. The molecule has 153 valence electrons. The van der Waals surface area contributed by atoms with E-state index in [0.29, 0.717) is 36.0 Å². The van der Waals surface area contributed by atoms with Crippen LogP contribution in [-0.2, 0) is 13.2 Å². The average Bonchev–Trinajstić information content (AvgIpc) is 2.83. The highest BCUT2D eigenvalue weighted by Gasteiger charge is 2.08. The van der Waals surface area contributed by atoms with E-state index in [0.717, 1.165) is 11.1 Å². The van der Waals surface area contributed by atoms with Crippen molar-refractivity contribution in [2.24, 2.45) is 0 Å². The Morgan fingerprint density at radius 1 is 0.677 bits per heavy atom. The molecule has 1 N–H and O–H groups in total. The van der Waals surface area contributed by atoms with Crippen molar-refractivity contribution in [1.29, 1.82) is 0 Å². The second kappa shape index (κ2) is 10.1. The maximum Gasteiger partial charge on any atom is 0.255 e. The molecule has 4 aromatic rings. The summed E-state index contributed by atoms with van der Waals surface area (Å²) in [6.07, 6.45) is 0. The molecule has 4 nitrogen and oxygen atoms in total. The standard InChI is InChI=1S/C27H22NO3/c29-27(23-14-16-25(17-15-23)30-19-21-8-3-1-4-9-21)28-24-12-7-13-26(18-24)31-20-22-10-5-2-6-11-22/h1-17H,19-20H2,(H,28,29). The van der Waals surface area contributed by atoms with Crippen LogP contribution in [0.25, 0.3) is 0 Å². The van der Waals surface area contributed by atoms with E-state index < -0.39 is 0 Å². The number of hydrogen-bond donors (Lipinski definition) is 1. The van der Waals surface area contributed by atoms with Crippen LogP contribution in [-0.4, -0.2) is 5.91 Å². The fraction of sp³-hybridized carbons (Fsp3) is 0.0741. The van der Waals surface area contributed by atoms with Crippen molar-refractivity contribution in [1.82, 2.24) is 0 Å². The molecule has 0 fully saturated rings. The summed E-state index contributed by atoms with van der Waals surface area (Å²) in [5.74, 6) is 1.07. The molecule has 0 saturated heterocycles. The first kappa shape index (κ1) is 20.2. The van der Waals surface area contributed by atoms with E-state index >= 15 is 0 Å². The molecule has 4 aromatic carbocycles. The van der Waals surface area contributed by atoms with Gasteiger partial charge in [0, 0.05) is 5.56 Å². The quantitative estimate of drug-likeness (QED) is 0.395. The third-order valence-electron chi connectivity index (χ3n) is 4.62. The fourth-order valence-corrected chi connectivity index (χ4v) is 2.98. The van der Waals surface area contributed by atoms with Gasteiger partial charge in [0.15, 0.2) is 0 Å². The van der Waals surface area contributed by atoms with Crippen molar-refractivity contribution in [3.05, 3.63) is 126 Å². The van der Waals surface area contributed by atoms with E-state index in [-0.39, 0.29) is 5.91 Å². The summed E-state index contributed by atoms with van der Waals surface area (Å²) in [4.78, 5) is 12.6. The minimum atomic E-state index is -0.217. The largest absolute Gasteiger partial charge is 0.489 e. The molecule has 0 heterocycles. The van der Waals surface area contributed by atoms with Crippen LogP contribution < -0.4 is 14.8 Å². The van der Waals surface area contributed by atoms with Crippen LogP contribution in [0.1, 0.15) is 21.5 Å².